The van der Waals surface area contributed by atoms with Gasteiger partial charge in [-0.05, 0) is 18.6 Å². The highest BCUT2D eigenvalue weighted by Crippen LogP contribution is 2.17. The third-order valence-corrected chi connectivity index (χ3v) is 4.58. The molecule has 0 aliphatic carbocycles. The maximum absolute atomic E-state index is 13.5. The third kappa shape index (κ3) is 2.70. The van der Waals surface area contributed by atoms with Crippen LogP contribution in [0.15, 0.2) is 29.2 Å². The predicted octanol–water partition coefficient (Wildman–Crippen LogP) is 0.251. The molecule has 1 aliphatic rings. The van der Waals surface area contributed by atoms with Gasteiger partial charge in [0.25, 0.3) is 0 Å². The summed E-state index contributed by atoms with van der Waals surface area (Å²) >= 11 is 0. The van der Waals surface area contributed by atoms with Gasteiger partial charge < -0.3 is 0 Å². The summed E-state index contributed by atoms with van der Waals surface area (Å²) < 4.78 is 39.7. The van der Waals surface area contributed by atoms with Crippen molar-refractivity contribution in [1.82, 2.24) is 9.62 Å². The maximum atomic E-state index is 13.5. The molecule has 2 amide bonds. The molecule has 1 fully saturated rings. The molecular formula is C12H13FN2O4S. The first-order chi connectivity index (χ1) is 9.33. The van der Waals surface area contributed by atoms with Gasteiger partial charge in [-0.25, -0.2) is 12.8 Å². The van der Waals surface area contributed by atoms with Crippen LogP contribution in [0.2, 0.25) is 0 Å². The standard InChI is InChI=1S/C12H13FN2O4S/c1-15-11(16)7-6-9(12(15)17)14-20(18,19)10-5-3-2-4-8(10)13/h2-5,9,14H,6-7H2,1H3. The average Bonchev–Trinajstić information content (AvgIpc) is 2.40. The number of carbonyl (C=O) groups excluding carboxylic acids is 2. The lowest BCUT2D eigenvalue weighted by atomic mass is 10.1. The minimum absolute atomic E-state index is 0.0622. The number of piperidine rings is 1. The molecule has 1 aliphatic heterocycles. The van der Waals surface area contributed by atoms with E-state index in [1.165, 1.54) is 19.2 Å². The quantitative estimate of drug-likeness (QED) is 0.811. The van der Waals surface area contributed by atoms with Crippen molar-refractivity contribution in [3.63, 3.8) is 0 Å². The van der Waals surface area contributed by atoms with Crippen molar-refractivity contribution in [2.24, 2.45) is 0 Å². The van der Waals surface area contributed by atoms with Gasteiger partial charge in [-0.3, -0.25) is 14.5 Å². The molecule has 0 saturated carbocycles. The summed E-state index contributed by atoms with van der Waals surface area (Å²) in [5, 5.41) is 0. The van der Waals surface area contributed by atoms with E-state index in [1.807, 2.05) is 0 Å². The van der Waals surface area contributed by atoms with Crippen LogP contribution in [0.4, 0.5) is 4.39 Å². The molecule has 1 aromatic rings. The van der Waals surface area contributed by atoms with Crippen LogP contribution in [0.1, 0.15) is 12.8 Å². The van der Waals surface area contributed by atoms with E-state index in [4.69, 9.17) is 0 Å². The van der Waals surface area contributed by atoms with E-state index in [0.29, 0.717) is 0 Å². The monoisotopic (exact) mass is 300 g/mol. The number of sulfonamides is 1. The number of carbonyl (C=O) groups is 2. The SMILES string of the molecule is CN1C(=O)CCC(NS(=O)(=O)c2ccccc2F)C1=O. The number of nitrogens with one attached hydrogen (secondary N) is 1. The second kappa shape index (κ2) is 5.29. The number of likely N-dealkylation sites (tertiary alicyclic amines) is 1. The molecule has 0 spiro atoms. The molecule has 1 heterocycles. The number of hydrogen-bond donors (Lipinski definition) is 1. The van der Waals surface area contributed by atoms with Crippen LogP contribution in [0, 0.1) is 5.82 Å². The zero-order valence-corrected chi connectivity index (χ0v) is 11.5. The molecule has 6 nitrogen and oxygen atoms in total. The Morgan fingerprint density at radius 1 is 1.30 bits per heavy atom. The average molecular weight is 300 g/mol. The van der Waals surface area contributed by atoms with Crippen LogP contribution in [0.25, 0.3) is 0 Å². The number of amides is 2. The first-order valence-corrected chi connectivity index (χ1v) is 7.38. The lowest BCUT2D eigenvalue weighted by Crippen LogP contribution is -2.52. The van der Waals surface area contributed by atoms with Gasteiger partial charge >= 0.3 is 0 Å². The third-order valence-electron chi connectivity index (χ3n) is 3.07. The van der Waals surface area contributed by atoms with Crippen LogP contribution in [0.3, 0.4) is 0 Å². The van der Waals surface area contributed by atoms with E-state index in [9.17, 15) is 22.4 Å². The van der Waals surface area contributed by atoms with E-state index in [-0.39, 0.29) is 18.7 Å². The van der Waals surface area contributed by atoms with E-state index in [1.54, 1.807) is 0 Å². The molecule has 0 bridgehead atoms. The molecule has 1 aromatic carbocycles. The van der Waals surface area contributed by atoms with Gasteiger partial charge in [-0.2, -0.15) is 4.72 Å². The van der Waals surface area contributed by atoms with E-state index < -0.39 is 32.7 Å². The topological polar surface area (TPSA) is 83.6 Å². The molecular weight excluding hydrogens is 287 g/mol. The number of benzene rings is 1. The van der Waals surface area contributed by atoms with Crippen molar-refractivity contribution in [2.75, 3.05) is 7.05 Å². The number of rotatable bonds is 3. The van der Waals surface area contributed by atoms with Gasteiger partial charge in [0.05, 0.1) is 0 Å². The van der Waals surface area contributed by atoms with Gasteiger partial charge in [0.15, 0.2) is 0 Å². The molecule has 1 atom stereocenters. The fourth-order valence-electron chi connectivity index (χ4n) is 1.94. The fraction of sp³-hybridized carbons (Fsp3) is 0.333. The Hall–Kier alpha value is -1.80. The highest BCUT2D eigenvalue weighted by Gasteiger charge is 2.35. The fourth-order valence-corrected chi connectivity index (χ4v) is 3.24. The molecule has 2 rings (SSSR count). The highest BCUT2D eigenvalue weighted by atomic mass is 32.2. The van der Waals surface area contributed by atoms with E-state index >= 15 is 0 Å². The zero-order chi connectivity index (χ0) is 14.9. The summed E-state index contributed by atoms with van der Waals surface area (Å²) in [6.45, 7) is 0. The molecule has 108 valence electrons. The Kier molecular flexibility index (Phi) is 3.87. The van der Waals surface area contributed by atoms with Crippen LogP contribution >= 0.6 is 0 Å². The van der Waals surface area contributed by atoms with E-state index in [0.717, 1.165) is 17.0 Å². The number of nitrogens with zero attached hydrogens (tertiary/aromatic N) is 1. The minimum atomic E-state index is -4.15. The van der Waals surface area contributed by atoms with Gasteiger partial charge in [0.1, 0.15) is 16.8 Å². The van der Waals surface area contributed by atoms with Gasteiger partial charge in [0.2, 0.25) is 21.8 Å². The summed E-state index contributed by atoms with van der Waals surface area (Å²) in [6.07, 6.45) is 0.127. The van der Waals surface area contributed by atoms with Crippen LogP contribution in [-0.4, -0.2) is 38.2 Å². The minimum Gasteiger partial charge on any atom is -0.284 e. The van der Waals surface area contributed by atoms with Crippen LogP contribution < -0.4 is 4.72 Å². The number of halogens is 1. The number of likely N-dealkylation sites (N-methyl/N-ethyl adjacent to an activating group) is 1. The summed E-state index contributed by atoms with van der Waals surface area (Å²) in [4.78, 5) is 23.5. The lowest BCUT2D eigenvalue weighted by Gasteiger charge is -2.27. The maximum Gasteiger partial charge on any atom is 0.247 e. The van der Waals surface area contributed by atoms with Crippen molar-refractivity contribution in [2.45, 2.75) is 23.8 Å². The van der Waals surface area contributed by atoms with E-state index in [2.05, 4.69) is 4.72 Å². The van der Waals surface area contributed by atoms with Crippen molar-refractivity contribution in [3.05, 3.63) is 30.1 Å². The van der Waals surface area contributed by atoms with Crippen molar-refractivity contribution in [3.8, 4) is 0 Å². The molecule has 0 radical (unpaired) electrons. The number of hydrogen-bond acceptors (Lipinski definition) is 4. The Bertz CT molecular complexity index is 659. The Labute approximate surface area is 115 Å². The summed E-state index contributed by atoms with van der Waals surface area (Å²) in [5.41, 5.74) is 0. The smallest absolute Gasteiger partial charge is 0.247 e. The molecule has 1 N–H and O–H groups in total. The Morgan fingerprint density at radius 3 is 2.60 bits per heavy atom. The zero-order valence-electron chi connectivity index (χ0n) is 10.7. The molecule has 8 heteroatoms. The van der Waals surface area contributed by atoms with Crippen molar-refractivity contribution >= 4 is 21.8 Å². The molecule has 1 saturated heterocycles. The predicted molar refractivity (Wildman–Crippen MR) is 67.5 cm³/mol. The largest absolute Gasteiger partial charge is 0.284 e. The van der Waals surface area contributed by atoms with Crippen LogP contribution in [0.5, 0.6) is 0 Å². The Morgan fingerprint density at radius 2 is 1.95 bits per heavy atom. The Balaban J connectivity index is 2.24. The lowest BCUT2D eigenvalue weighted by molar-refractivity contribution is -0.147. The molecule has 1 unspecified atom stereocenters. The van der Waals surface area contributed by atoms with Crippen molar-refractivity contribution < 1.29 is 22.4 Å². The normalized spacial score (nSPS) is 20.3. The van der Waals surface area contributed by atoms with Gasteiger partial charge in [0, 0.05) is 13.5 Å². The second-order valence-corrected chi connectivity index (χ2v) is 6.12. The highest BCUT2D eigenvalue weighted by molar-refractivity contribution is 7.89. The molecule has 20 heavy (non-hydrogen) atoms. The summed E-state index contributed by atoms with van der Waals surface area (Å²) in [6, 6.07) is 3.83. The summed E-state index contributed by atoms with van der Waals surface area (Å²) in [7, 11) is -2.86. The summed E-state index contributed by atoms with van der Waals surface area (Å²) in [5.74, 6) is -1.90. The first-order valence-electron chi connectivity index (χ1n) is 5.90. The van der Waals surface area contributed by atoms with Crippen LogP contribution in [-0.2, 0) is 19.6 Å². The number of imide groups is 1. The van der Waals surface area contributed by atoms with Crippen molar-refractivity contribution in [1.29, 1.82) is 0 Å². The van der Waals surface area contributed by atoms with Gasteiger partial charge in [-0.1, -0.05) is 12.1 Å². The first kappa shape index (κ1) is 14.6. The van der Waals surface area contributed by atoms with Gasteiger partial charge in [-0.15, -0.1) is 0 Å². The second-order valence-electron chi connectivity index (χ2n) is 4.43. The molecule has 0 aromatic heterocycles.